The van der Waals surface area contributed by atoms with Gasteiger partial charge in [0.25, 0.3) is 0 Å². The molecule has 0 unspecified atom stereocenters. The molecule has 0 radical (unpaired) electrons. The van der Waals surface area contributed by atoms with Crippen LogP contribution in [0.15, 0.2) is 72.8 Å². The second-order valence-electron chi connectivity index (χ2n) is 12.1. The van der Waals surface area contributed by atoms with E-state index in [2.05, 4.69) is 98.5 Å². The highest BCUT2D eigenvalue weighted by atomic mass is 31.1. The number of nitrogens with zero attached hydrogens (tertiary/aromatic N) is 1. The van der Waals surface area contributed by atoms with E-state index in [1.807, 2.05) is 0 Å². The van der Waals surface area contributed by atoms with E-state index in [0.29, 0.717) is 0 Å². The Morgan fingerprint density at radius 2 is 1.33 bits per heavy atom. The minimum absolute atomic E-state index is 0.222. The maximum absolute atomic E-state index is 11.8. The summed E-state index contributed by atoms with van der Waals surface area (Å²) in [6, 6.07) is 31.5. The Bertz CT molecular complexity index is 1150. The van der Waals surface area contributed by atoms with Gasteiger partial charge in [-0.2, -0.15) is 0 Å². The van der Waals surface area contributed by atoms with Gasteiger partial charge in [0.15, 0.2) is 0 Å². The van der Waals surface area contributed by atoms with E-state index in [9.17, 15) is 5.11 Å². The van der Waals surface area contributed by atoms with Gasteiger partial charge in [-0.3, -0.25) is 4.90 Å². The van der Waals surface area contributed by atoms with Crippen molar-refractivity contribution in [3.63, 3.8) is 0 Å². The smallest absolute Gasteiger partial charge is 0.118 e. The molecule has 0 saturated carbocycles. The third kappa shape index (κ3) is 8.05. The normalized spacial score (nSPS) is 16.6. The molecule has 0 spiro atoms. The lowest BCUT2D eigenvalue weighted by Gasteiger charge is -2.37. The number of aliphatic hydroxyl groups is 1. The second-order valence-corrected chi connectivity index (χ2v) is 19.2. The van der Waals surface area contributed by atoms with Crippen LogP contribution in [0.2, 0.25) is 24.2 Å². The minimum Gasteiger partial charge on any atom is -0.497 e. The van der Waals surface area contributed by atoms with E-state index < -0.39 is 16.0 Å². The zero-order valence-corrected chi connectivity index (χ0v) is 28.4. The Hall–Kier alpha value is -2.17. The summed E-state index contributed by atoms with van der Waals surface area (Å²) in [6.45, 7) is 8.95. The lowest BCUT2D eigenvalue weighted by molar-refractivity contribution is 0.0815. The van der Waals surface area contributed by atoms with Crippen LogP contribution in [-0.2, 0) is 6.54 Å². The predicted octanol–water partition coefficient (Wildman–Crippen LogP) is 7.47. The Morgan fingerprint density at radius 1 is 0.810 bits per heavy atom. The molecule has 1 aliphatic rings. The van der Waals surface area contributed by atoms with E-state index >= 15 is 0 Å². The van der Waals surface area contributed by atoms with Crippen molar-refractivity contribution < 1.29 is 14.6 Å². The first-order valence-corrected chi connectivity index (χ1v) is 20.2. The summed E-state index contributed by atoms with van der Waals surface area (Å²) in [7, 11) is 1.18. The van der Waals surface area contributed by atoms with Crippen molar-refractivity contribution in [3.8, 4) is 11.5 Å². The topological polar surface area (TPSA) is 41.9 Å². The van der Waals surface area contributed by atoms with Crippen molar-refractivity contribution in [3.05, 3.63) is 78.4 Å². The highest BCUT2D eigenvalue weighted by Crippen LogP contribution is 2.38. The molecule has 4 rings (SSSR count). The molecule has 0 bridgehead atoms. The van der Waals surface area contributed by atoms with Crippen molar-refractivity contribution in [2.45, 2.75) is 95.7 Å². The van der Waals surface area contributed by atoms with Gasteiger partial charge in [0, 0.05) is 12.6 Å². The molecule has 1 saturated heterocycles. The average Bonchev–Trinajstić information content (AvgIpc) is 3.47. The first kappa shape index (κ1) is 32.7. The number of likely N-dealkylation sites (tertiary alicyclic amines) is 1. The van der Waals surface area contributed by atoms with Gasteiger partial charge in [-0.05, 0) is 79.1 Å². The van der Waals surface area contributed by atoms with Gasteiger partial charge in [0.05, 0.1) is 28.4 Å². The van der Waals surface area contributed by atoms with Gasteiger partial charge in [0.1, 0.15) is 11.5 Å². The Morgan fingerprint density at radius 3 is 1.83 bits per heavy atom. The van der Waals surface area contributed by atoms with Crippen LogP contribution in [0.25, 0.3) is 0 Å². The number of benzene rings is 3. The SMILES string of the molecule is CCC[Si](CCC)(CCC)C[C@@H](O)[C@@H]1CCCN1Cc1ccccc1P(c1ccc(OC)cc1)c1ccc(OC)cc1. The largest absolute Gasteiger partial charge is 0.497 e. The Kier molecular flexibility index (Phi) is 12.5. The predicted molar refractivity (Wildman–Crippen MR) is 184 cm³/mol. The van der Waals surface area contributed by atoms with Crippen molar-refractivity contribution in [1.29, 1.82) is 0 Å². The summed E-state index contributed by atoms with van der Waals surface area (Å²) in [5, 5.41) is 15.8. The van der Waals surface area contributed by atoms with E-state index in [1.165, 1.54) is 65.3 Å². The molecule has 0 aliphatic carbocycles. The van der Waals surface area contributed by atoms with Crippen LogP contribution in [0.3, 0.4) is 0 Å². The highest BCUT2D eigenvalue weighted by Gasteiger charge is 2.38. The van der Waals surface area contributed by atoms with Gasteiger partial charge in [-0.1, -0.05) is 107 Å². The maximum atomic E-state index is 11.8. The number of hydrogen-bond acceptors (Lipinski definition) is 4. The molecule has 1 N–H and O–H groups in total. The molecular formula is C36H52NO3PSi. The average molecular weight is 606 g/mol. The molecular weight excluding hydrogens is 553 g/mol. The van der Waals surface area contributed by atoms with Crippen LogP contribution in [-0.4, -0.2) is 51.0 Å². The molecule has 0 amide bonds. The van der Waals surface area contributed by atoms with Crippen molar-refractivity contribution in [2.24, 2.45) is 0 Å². The maximum Gasteiger partial charge on any atom is 0.118 e. The van der Waals surface area contributed by atoms with Gasteiger partial charge in [0.2, 0.25) is 0 Å². The quantitative estimate of drug-likeness (QED) is 0.136. The fraction of sp³-hybridized carbons (Fsp3) is 0.500. The summed E-state index contributed by atoms with van der Waals surface area (Å²) in [6.07, 6.45) is 5.80. The highest BCUT2D eigenvalue weighted by molar-refractivity contribution is 7.79. The fourth-order valence-electron chi connectivity index (χ4n) is 7.31. The minimum atomic E-state index is -1.47. The number of hydrogen-bond donors (Lipinski definition) is 1. The van der Waals surface area contributed by atoms with Crippen LogP contribution in [0.4, 0.5) is 0 Å². The van der Waals surface area contributed by atoms with E-state index in [4.69, 9.17) is 9.47 Å². The van der Waals surface area contributed by atoms with Crippen LogP contribution < -0.4 is 25.4 Å². The zero-order chi connectivity index (χ0) is 30.0. The molecule has 228 valence electrons. The van der Waals surface area contributed by atoms with Crippen molar-refractivity contribution >= 4 is 31.9 Å². The van der Waals surface area contributed by atoms with Gasteiger partial charge in [-0.25, -0.2) is 0 Å². The number of rotatable bonds is 16. The second kappa shape index (κ2) is 16.1. The monoisotopic (exact) mass is 605 g/mol. The third-order valence-electron chi connectivity index (χ3n) is 9.11. The number of aliphatic hydroxyl groups excluding tert-OH is 1. The van der Waals surface area contributed by atoms with E-state index in [-0.39, 0.29) is 12.1 Å². The molecule has 1 heterocycles. The lowest BCUT2D eigenvalue weighted by atomic mass is 10.1. The van der Waals surface area contributed by atoms with Gasteiger partial charge < -0.3 is 14.6 Å². The molecule has 1 aliphatic heterocycles. The van der Waals surface area contributed by atoms with E-state index in [1.54, 1.807) is 14.2 Å². The summed E-state index contributed by atoms with van der Waals surface area (Å²) >= 11 is 0. The summed E-state index contributed by atoms with van der Waals surface area (Å²) in [4.78, 5) is 2.60. The molecule has 1 fully saturated rings. The van der Waals surface area contributed by atoms with E-state index in [0.717, 1.165) is 37.1 Å². The molecule has 2 atom stereocenters. The van der Waals surface area contributed by atoms with Crippen LogP contribution in [0.1, 0.15) is 58.4 Å². The third-order valence-corrected chi connectivity index (χ3v) is 17.6. The number of ether oxygens (including phenoxy) is 2. The molecule has 42 heavy (non-hydrogen) atoms. The van der Waals surface area contributed by atoms with Crippen molar-refractivity contribution in [2.75, 3.05) is 20.8 Å². The molecule has 4 nitrogen and oxygen atoms in total. The van der Waals surface area contributed by atoms with Crippen LogP contribution in [0.5, 0.6) is 11.5 Å². The Balaban J connectivity index is 1.64. The molecule has 6 heteroatoms. The number of methoxy groups -OCH3 is 2. The lowest BCUT2D eigenvalue weighted by Crippen LogP contribution is -2.45. The van der Waals surface area contributed by atoms with Gasteiger partial charge >= 0.3 is 0 Å². The fourth-order valence-corrected chi connectivity index (χ4v) is 15.4. The Labute approximate surface area is 257 Å². The van der Waals surface area contributed by atoms with Gasteiger partial charge in [-0.15, -0.1) is 0 Å². The first-order valence-electron chi connectivity index (χ1n) is 16.1. The van der Waals surface area contributed by atoms with Crippen molar-refractivity contribution in [1.82, 2.24) is 4.90 Å². The summed E-state index contributed by atoms with van der Waals surface area (Å²) in [5.74, 6) is 1.75. The first-order chi connectivity index (χ1) is 20.5. The molecule has 0 aromatic heterocycles. The van der Waals surface area contributed by atoms with Crippen LogP contribution in [0, 0.1) is 0 Å². The standard InChI is InChI=1S/C36H52NO3PSi/c1-6-24-42(25-7-2,26-8-3)28-35(38)34-13-11-23-37(34)27-29-12-9-10-14-36(29)41(32-19-15-30(39-4)16-20-32)33-21-17-31(40-5)18-22-33/h9-10,12,14-22,34-35,38H,6-8,11,13,23-28H2,1-5H3/t34-,35+/m0/s1. The molecule has 3 aromatic rings. The van der Waals surface area contributed by atoms with Crippen LogP contribution >= 0.6 is 7.92 Å². The molecule has 3 aromatic carbocycles. The summed E-state index contributed by atoms with van der Waals surface area (Å²) < 4.78 is 11.0. The summed E-state index contributed by atoms with van der Waals surface area (Å²) in [5.41, 5.74) is 1.37. The zero-order valence-electron chi connectivity index (χ0n) is 26.5.